The van der Waals surface area contributed by atoms with Crippen molar-refractivity contribution in [3.8, 4) is 0 Å². The van der Waals surface area contributed by atoms with Gasteiger partial charge in [-0.1, -0.05) is 42.1 Å². The number of aryl methyl sites for hydroxylation is 1. The number of rotatable bonds is 7. The van der Waals surface area contributed by atoms with Crippen LogP contribution in [-0.2, 0) is 14.4 Å². The number of fused-ring (bicyclic) bond motifs is 1. The Balaban J connectivity index is 1.45. The normalized spacial score (nSPS) is 21.4. The summed E-state index contributed by atoms with van der Waals surface area (Å²) in [5.74, 6) is -1.37. The zero-order valence-electron chi connectivity index (χ0n) is 16.5. The maximum absolute atomic E-state index is 12.8. The van der Waals surface area contributed by atoms with Crippen LogP contribution in [0.25, 0.3) is 0 Å². The van der Waals surface area contributed by atoms with Crippen molar-refractivity contribution in [3.63, 3.8) is 0 Å². The zero-order valence-corrected chi connectivity index (χ0v) is 18.1. The van der Waals surface area contributed by atoms with Gasteiger partial charge in [0.15, 0.2) is 0 Å². The molecule has 0 aliphatic carbocycles. The molecule has 1 fully saturated rings. The minimum Gasteiger partial charge on any atom is -0.477 e. The van der Waals surface area contributed by atoms with Crippen LogP contribution in [0.2, 0.25) is 0 Å². The Labute approximate surface area is 186 Å². The summed E-state index contributed by atoms with van der Waals surface area (Å²) >= 11 is 2.68. The lowest BCUT2D eigenvalue weighted by Gasteiger charge is -2.49. The molecule has 1 saturated heterocycles. The first-order valence-electron chi connectivity index (χ1n) is 9.42. The van der Waals surface area contributed by atoms with Crippen LogP contribution in [0.15, 0.2) is 57.5 Å². The Morgan fingerprint density at radius 3 is 2.81 bits per heavy atom. The number of β-lactam (4-membered cyclic amide) rings is 1. The van der Waals surface area contributed by atoms with Crippen molar-refractivity contribution in [1.29, 1.82) is 0 Å². The number of hydrogen-bond acceptors (Lipinski definition) is 8. The highest BCUT2D eigenvalue weighted by molar-refractivity contribution is 8.01. The molecule has 2 amide bonds. The molecule has 0 radical (unpaired) electrons. The van der Waals surface area contributed by atoms with Crippen LogP contribution in [0.3, 0.4) is 0 Å². The molecule has 2 aromatic rings. The molecule has 1 aromatic heterocycles. The van der Waals surface area contributed by atoms with Gasteiger partial charge in [0.25, 0.3) is 11.1 Å². The van der Waals surface area contributed by atoms with Gasteiger partial charge in [-0.05, 0) is 18.1 Å². The van der Waals surface area contributed by atoms with Gasteiger partial charge < -0.3 is 20.6 Å². The maximum atomic E-state index is 12.8. The smallest absolute Gasteiger partial charge is 0.352 e. The van der Waals surface area contributed by atoms with Crippen LogP contribution in [0.4, 0.5) is 0 Å². The minimum atomic E-state index is -1.18. The van der Waals surface area contributed by atoms with Crippen molar-refractivity contribution >= 4 is 41.3 Å². The lowest BCUT2D eigenvalue weighted by Crippen LogP contribution is -2.71. The van der Waals surface area contributed by atoms with Gasteiger partial charge in [-0.25, -0.2) is 9.78 Å². The van der Waals surface area contributed by atoms with Gasteiger partial charge in [-0.2, -0.15) is 0 Å². The first kappa shape index (κ1) is 21.5. The van der Waals surface area contributed by atoms with E-state index in [1.165, 1.54) is 34.7 Å². The highest BCUT2D eigenvalue weighted by Crippen LogP contribution is 2.41. The van der Waals surface area contributed by atoms with Crippen molar-refractivity contribution in [2.75, 3.05) is 11.5 Å². The van der Waals surface area contributed by atoms with E-state index in [2.05, 4.69) is 10.3 Å². The van der Waals surface area contributed by atoms with Crippen LogP contribution >= 0.6 is 23.5 Å². The molecule has 0 bridgehead atoms. The monoisotopic (exact) mass is 460 g/mol. The number of nitrogens with zero attached hydrogens (tertiary/aromatic N) is 2. The van der Waals surface area contributed by atoms with Crippen molar-refractivity contribution in [2.45, 2.75) is 29.6 Å². The van der Waals surface area contributed by atoms with Gasteiger partial charge in [0, 0.05) is 11.5 Å². The fourth-order valence-electron chi connectivity index (χ4n) is 3.40. The number of oxazole rings is 1. The number of aliphatic carboxylic acids is 1. The van der Waals surface area contributed by atoms with E-state index in [1.54, 1.807) is 31.2 Å². The standard InChI is InChI=1S/C20H20N4O5S2/c1-10-7-29-20(22-10)31-9-12-8-30-18-14(17(26)24(18)15(12)19(27)28)23-16(25)13(21)11-5-3-2-4-6-11/h2-7,13-14,18H,8-9,21H2,1H3,(H,23,25)(H,27,28)/t13?,14?,18-/m1/s1. The van der Waals surface area contributed by atoms with Gasteiger partial charge >= 0.3 is 5.97 Å². The second-order valence-corrected chi connectivity index (χ2v) is 9.12. The third-order valence-corrected chi connectivity index (χ3v) is 7.22. The molecule has 2 unspecified atom stereocenters. The average Bonchev–Trinajstić information content (AvgIpc) is 3.20. The molecule has 4 rings (SSSR count). The molecule has 4 N–H and O–H groups in total. The lowest BCUT2D eigenvalue weighted by atomic mass is 10.0. The highest BCUT2D eigenvalue weighted by Gasteiger charge is 2.54. The summed E-state index contributed by atoms with van der Waals surface area (Å²) in [5, 5.41) is 12.4. The van der Waals surface area contributed by atoms with Crippen LogP contribution in [0.1, 0.15) is 17.3 Å². The minimum absolute atomic E-state index is 0.0395. The average molecular weight is 461 g/mol. The van der Waals surface area contributed by atoms with Crippen molar-refractivity contribution in [3.05, 3.63) is 59.1 Å². The Bertz CT molecular complexity index is 1050. The largest absolute Gasteiger partial charge is 0.477 e. The van der Waals surface area contributed by atoms with Crippen LogP contribution < -0.4 is 11.1 Å². The predicted octanol–water partition coefficient (Wildman–Crippen LogP) is 1.51. The number of carboxylic acids is 1. The summed E-state index contributed by atoms with van der Waals surface area (Å²) in [5.41, 5.74) is 7.94. The Morgan fingerprint density at radius 2 is 2.16 bits per heavy atom. The number of carbonyl (C=O) groups excluding carboxylic acids is 2. The molecular weight excluding hydrogens is 440 g/mol. The van der Waals surface area contributed by atoms with E-state index in [1.807, 2.05) is 6.07 Å². The summed E-state index contributed by atoms with van der Waals surface area (Å²) in [6.07, 6.45) is 1.52. The number of thioether (sulfide) groups is 2. The molecule has 3 atom stereocenters. The van der Waals surface area contributed by atoms with E-state index in [0.717, 1.165) is 5.69 Å². The quantitative estimate of drug-likeness (QED) is 0.414. The summed E-state index contributed by atoms with van der Waals surface area (Å²) in [4.78, 5) is 42.7. The second kappa shape index (κ2) is 8.77. The Kier molecular flexibility index (Phi) is 6.08. The first-order valence-corrected chi connectivity index (χ1v) is 11.5. The molecule has 2 aliphatic rings. The molecule has 0 spiro atoms. The molecular formula is C20H20N4O5S2. The summed E-state index contributed by atoms with van der Waals surface area (Å²) in [6, 6.07) is 7.11. The molecule has 11 heteroatoms. The number of carboxylic acid groups (broad SMARTS) is 1. The maximum Gasteiger partial charge on any atom is 0.352 e. The van der Waals surface area contributed by atoms with E-state index in [4.69, 9.17) is 10.2 Å². The molecule has 9 nitrogen and oxygen atoms in total. The number of amides is 2. The van der Waals surface area contributed by atoms with E-state index in [9.17, 15) is 19.5 Å². The van der Waals surface area contributed by atoms with Crippen molar-refractivity contribution in [1.82, 2.24) is 15.2 Å². The van der Waals surface area contributed by atoms with E-state index in [0.29, 0.717) is 27.9 Å². The Hall–Kier alpha value is -2.76. The van der Waals surface area contributed by atoms with Crippen molar-refractivity contribution < 1.29 is 23.9 Å². The molecule has 0 saturated carbocycles. The zero-order chi connectivity index (χ0) is 22.1. The van der Waals surface area contributed by atoms with Crippen LogP contribution in [-0.4, -0.2) is 55.7 Å². The van der Waals surface area contributed by atoms with Gasteiger partial charge in [0.1, 0.15) is 29.4 Å². The van der Waals surface area contributed by atoms with Gasteiger partial charge in [-0.15, -0.1) is 11.8 Å². The number of benzene rings is 1. The van der Waals surface area contributed by atoms with Crippen LogP contribution in [0.5, 0.6) is 0 Å². The number of aromatic nitrogens is 1. The molecule has 162 valence electrons. The first-order chi connectivity index (χ1) is 14.9. The highest BCUT2D eigenvalue weighted by atomic mass is 32.2. The van der Waals surface area contributed by atoms with Gasteiger partial charge in [0.2, 0.25) is 5.91 Å². The van der Waals surface area contributed by atoms with E-state index >= 15 is 0 Å². The fraction of sp³-hybridized carbons (Fsp3) is 0.300. The number of nitrogens with one attached hydrogen (secondary N) is 1. The number of hydrogen-bond donors (Lipinski definition) is 3. The second-order valence-electron chi connectivity index (χ2n) is 7.09. The number of nitrogens with two attached hydrogens (primary N) is 1. The van der Waals surface area contributed by atoms with E-state index < -0.39 is 35.2 Å². The summed E-state index contributed by atoms with van der Waals surface area (Å²) in [7, 11) is 0. The lowest BCUT2D eigenvalue weighted by molar-refractivity contribution is -0.150. The number of carbonyl (C=O) groups is 3. The predicted molar refractivity (Wildman–Crippen MR) is 115 cm³/mol. The SMILES string of the molecule is Cc1coc(SCC2=C(C(=O)O)N3C(=O)C(NC(=O)C(N)c4ccccc4)[C@H]3SC2)n1. The van der Waals surface area contributed by atoms with Crippen LogP contribution in [0, 0.1) is 6.92 Å². The van der Waals surface area contributed by atoms with Gasteiger partial charge in [-0.3, -0.25) is 14.5 Å². The fourth-order valence-corrected chi connectivity index (χ4v) is 5.73. The third-order valence-electron chi connectivity index (χ3n) is 4.96. The topological polar surface area (TPSA) is 139 Å². The van der Waals surface area contributed by atoms with Gasteiger partial charge in [0.05, 0.1) is 5.69 Å². The molecule has 3 heterocycles. The third kappa shape index (κ3) is 4.21. The summed E-state index contributed by atoms with van der Waals surface area (Å²) < 4.78 is 5.29. The van der Waals surface area contributed by atoms with E-state index in [-0.39, 0.29) is 5.70 Å². The molecule has 1 aromatic carbocycles. The molecule has 2 aliphatic heterocycles. The summed E-state index contributed by atoms with van der Waals surface area (Å²) in [6.45, 7) is 1.80. The molecule has 31 heavy (non-hydrogen) atoms. The van der Waals surface area contributed by atoms with Crippen molar-refractivity contribution in [2.24, 2.45) is 5.73 Å². The Morgan fingerprint density at radius 1 is 1.42 bits per heavy atom.